The van der Waals surface area contributed by atoms with Gasteiger partial charge in [0.1, 0.15) is 0 Å². The molecule has 1 saturated heterocycles. The van der Waals surface area contributed by atoms with Crippen LogP contribution in [0.1, 0.15) is 25.1 Å². The van der Waals surface area contributed by atoms with E-state index in [1.807, 2.05) is 0 Å². The van der Waals surface area contributed by atoms with Crippen LogP contribution in [-0.4, -0.2) is 65.8 Å². The van der Waals surface area contributed by atoms with Gasteiger partial charge in [-0.05, 0) is 20.5 Å². The van der Waals surface area contributed by atoms with Crippen LogP contribution in [0.5, 0.6) is 0 Å². The molecular weight excluding hydrogens is 242 g/mol. The molecule has 19 heavy (non-hydrogen) atoms. The summed E-state index contributed by atoms with van der Waals surface area (Å²) in [5, 5.41) is 4.07. The quantitative estimate of drug-likeness (QED) is 0.818. The third-order valence-corrected chi connectivity index (χ3v) is 3.87. The van der Waals surface area contributed by atoms with Crippen molar-refractivity contribution in [3.8, 4) is 0 Å². The van der Waals surface area contributed by atoms with Gasteiger partial charge in [-0.2, -0.15) is 4.98 Å². The van der Waals surface area contributed by atoms with Crippen LogP contribution in [0.4, 0.5) is 0 Å². The number of aromatic nitrogens is 2. The van der Waals surface area contributed by atoms with Gasteiger partial charge in [-0.15, -0.1) is 0 Å². The van der Waals surface area contributed by atoms with Gasteiger partial charge in [-0.1, -0.05) is 12.1 Å². The zero-order valence-electron chi connectivity index (χ0n) is 12.2. The second-order valence-corrected chi connectivity index (χ2v) is 5.58. The van der Waals surface area contributed by atoms with Crippen molar-refractivity contribution in [3.63, 3.8) is 0 Å². The van der Waals surface area contributed by atoms with Crippen molar-refractivity contribution < 1.29 is 4.52 Å². The summed E-state index contributed by atoms with van der Waals surface area (Å²) in [4.78, 5) is 9.16. The summed E-state index contributed by atoms with van der Waals surface area (Å²) < 4.78 is 5.27. The van der Waals surface area contributed by atoms with Gasteiger partial charge in [-0.3, -0.25) is 0 Å². The first kappa shape index (κ1) is 14.4. The Morgan fingerprint density at radius 2 is 2.21 bits per heavy atom. The van der Waals surface area contributed by atoms with E-state index in [1.165, 1.54) is 0 Å². The maximum Gasteiger partial charge on any atom is 0.228 e. The molecule has 0 spiro atoms. The van der Waals surface area contributed by atoms with Crippen LogP contribution in [0, 0.1) is 0 Å². The first-order chi connectivity index (χ1) is 9.08. The molecule has 1 aliphatic rings. The van der Waals surface area contributed by atoms with E-state index in [9.17, 15) is 0 Å². The highest BCUT2D eigenvalue weighted by molar-refractivity contribution is 4.94. The average molecular weight is 267 g/mol. The lowest BCUT2D eigenvalue weighted by molar-refractivity contribution is 0.113. The third-order valence-electron chi connectivity index (χ3n) is 3.87. The van der Waals surface area contributed by atoms with Crippen LogP contribution in [0.15, 0.2) is 4.52 Å². The fourth-order valence-corrected chi connectivity index (χ4v) is 2.36. The highest BCUT2D eigenvalue weighted by Gasteiger charge is 2.24. The zero-order chi connectivity index (χ0) is 13.8. The van der Waals surface area contributed by atoms with Gasteiger partial charge in [0.15, 0.2) is 5.82 Å². The molecule has 108 valence electrons. The SMILES string of the molecule is CCC(N)Cc1nc(CC2CN(C)CCN2C)no1. The van der Waals surface area contributed by atoms with Gasteiger partial charge < -0.3 is 20.1 Å². The molecule has 0 bridgehead atoms. The van der Waals surface area contributed by atoms with Gasteiger partial charge in [-0.25, -0.2) is 0 Å². The summed E-state index contributed by atoms with van der Waals surface area (Å²) in [5.74, 6) is 1.46. The molecular formula is C13H25N5O. The molecule has 6 heteroatoms. The van der Waals surface area contributed by atoms with Crippen molar-refractivity contribution in [3.05, 3.63) is 11.7 Å². The van der Waals surface area contributed by atoms with Crippen LogP contribution in [0.2, 0.25) is 0 Å². The summed E-state index contributed by atoms with van der Waals surface area (Å²) in [7, 11) is 4.31. The lowest BCUT2D eigenvalue weighted by Gasteiger charge is -2.37. The molecule has 2 rings (SSSR count). The Morgan fingerprint density at radius 3 is 2.95 bits per heavy atom. The third kappa shape index (κ3) is 3.99. The Labute approximate surface area is 114 Å². The minimum atomic E-state index is 0.108. The van der Waals surface area contributed by atoms with E-state index in [-0.39, 0.29) is 6.04 Å². The number of hydrogen-bond donors (Lipinski definition) is 1. The Bertz CT molecular complexity index is 394. The van der Waals surface area contributed by atoms with E-state index in [0.29, 0.717) is 18.4 Å². The Morgan fingerprint density at radius 1 is 1.42 bits per heavy atom. The number of piperazine rings is 1. The number of likely N-dealkylation sites (N-methyl/N-ethyl adjacent to an activating group) is 2. The molecule has 1 fully saturated rings. The number of nitrogens with two attached hydrogens (primary N) is 1. The number of nitrogens with zero attached hydrogens (tertiary/aromatic N) is 4. The lowest BCUT2D eigenvalue weighted by atomic mass is 10.1. The first-order valence-electron chi connectivity index (χ1n) is 7.04. The molecule has 0 saturated carbocycles. The second-order valence-electron chi connectivity index (χ2n) is 5.58. The van der Waals surface area contributed by atoms with Gasteiger partial charge in [0.25, 0.3) is 0 Å². The van der Waals surface area contributed by atoms with Gasteiger partial charge in [0.2, 0.25) is 5.89 Å². The molecule has 2 atom stereocenters. The molecule has 0 amide bonds. The number of rotatable bonds is 5. The van der Waals surface area contributed by atoms with Crippen molar-refractivity contribution >= 4 is 0 Å². The van der Waals surface area contributed by atoms with Crippen molar-refractivity contribution in [1.82, 2.24) is 19.9 Å². The Balaban J connectivity index is 1.91. The second kappa shape index (κ2) is 6.45. The summed E-state index contributed by atoms with van der Waals surface area (Å²) in [5.41, 5.74) is 5.90. The van der Waals surface area contributed by atoms with Crippen LogP contribution in [0.3, 0.4) is 0 Å². The molecule has 2 unspecified atom stereocenters. The normalized spacial score (nSPS) is 23.7. The van der Waals surface area contributed by atoms with Gasteiger partial charge in [0, 0.05) is 44.6 Å². The van der Waals surface area contributed by atoms with Crippen LogP contribution in [0.25, 0.3) is 0 Å². The predicted molar refractivity (Wildman–Crippen MR) is 73.9 cm³/mol. The monoisotopic (exact) mass is 267 g/mol. The molecule has 0 radical (unpaired) electrons. The molecule has 0 aromatic carbocycles. The molecule has 1 aromatic heterocycles. The van der Waals surface area contributed by atoms with E-state index < -0.39 is 0 Å². The van der Waals surface area contributed by atoms with E-state index in [4.69, 9.17) is 10.3 Å². The standard InChI is InChI=1S/C13H25N5O/c1-4-10(14)7-13-15-12(16-19-13)8-11-9-17(2)5-6-18(11)3/h10-11H,4-9,14H2,1-3H3. The van der Waals surface area contributed by atoms with Crippen LogP contribution in [-0.2, 0) is 12.8 Å². The smallest absolute Gasteiger partial charge is 0.228 e. The maximum atomic E-state index is 5.90. The highest BCUT2D eigenvalue weighted by atomic mass is 16.5. The molecule has 1 aromatic rings. The highest BCUT2D eigenvalue weighted by Crippen LogP contribution is 2.11. The topological polar surface area (TPSA) is 71.4 Å². The zero-order valence-corrected chi connectivity index (χ0v) is 12.2. The molecule has 6 nitrogen and oxygen atoms in total. The van der Waals surface area contributed by atoms with Gasteiger partial charge >= 0.3 is 0 Å². The van der Waals surface area contributed by atoms with Crippen LogP contribution < -0.4 is 5.73 Å². The Kier molecular flexibility index (Phi) is 4.90. The minimum Gasteiger partial charge on any atom is -0.339 e. The van der Waals surface area contributed by atoms with Crippen LogP contribution >= 0.6 is 0 Å². The van der Waals surface area contributed by atoms with Crippen molar-refractivity contribution in [2.24, 2.45) is 5.73 Å². The predicted octanol–water partition coefficient (Wildman–Crippen LogP) is 0.138. The average Bonchev–Trinajstić information content (AvgIpc) is 2.81. The van der Waals surface area contributed by atoms with E-state index in [1.54, 1.807) is 0 Å². The van der Waals surface area contributed by atoms with E-state index in [2.05, 4.69) is 41.0 Å². The van der Waals surface area contributed by atoms with Crippen molar-refractivity contribution in [2.45, 2.75) is 38.3 Å². The van der Waals surface area contributed by atoms with E-state index in [0.717, 1.165) is 38.3 Å². The fourth-order valence-electron chi connectivity index (χ4n) is 2.36. The summed E-state index contributed by atoms with van der Waals surface area (Å²) in [6.45, 7) is 5.33. The van der Waals surface area contributed by atoms with Crippen molar-refractivity contribution in [1.29, 1.82) is 0 Å². The molecule has 2 N–H and O–H groups in total. The minimum absolute atomic E-state index is 0.108. The van der Waals surface area contributed by atoms with Gasteiger partial charge in [0.05, 0.1) is 0 Å². The summed E-state index contributed by atoms with van der Waals surface area (Å²) >= 11 is 0. The fraction of sp³-hybridized carbons (Fsp3) is 0.846. The summed E-state index contributed by atoms with van der Waals surface area (Å²) in [6.07, 6.45) is 2.43. The van der Waals surface area contributed by atoms with Crippen molar-refractivity contribution in [2.75, 3.05) is 33.7 Å². The molecule has 0 aliphatic carbocycles. The number of hydrogen-bond acceptors (Lipinski definition) is 6. The Hall–Kier alpha value is -0.980. The molecule has 1 aliphatic heterocycles. The first-order valence-corrected chi connectivity index (χ1v) is 7.04. The maximum absolute atomic E-state index is 5.90. The largest absolute Gasteiger partial charge is 0.339 e. The van der Waals surface area contributed by atoms with E-state index >= 15 is 0 Å². The summed E-state index contributed by atoms with van der Waals surface area (Å²) in [6, 6.07) is 0.570. The lowest BCUT2D eigenvalue weighted by Crippen LogP contribution is -2.50. The molecule has 2 heterocycles.